The second-order valence-electron chi connectivity index (χ2n) is 5.18. The smallest absolute Gasteiger partial charge is 0.389 e. The first-order valence-electron chi connectivity index (χ1n) is 6.91. The van der Waals surface area contributed by atoms with Crippen LogP contribution in [0.4, 0.5) is 13.2 Å². The number of rotatable bonds is 8. The lowest BCUT2D eigenvalue weighted by Gasteiger charge is -2.25. The summed E-state index contributed by atoms with van der Waals surface area (Å²) in [6, 6.07) is 7.81. The molecule has 0 aliphatic rings. The molecule has 1 aromatic carbocycles. The third-order valence-corrected chi connectivity index (χ3v) is 3.25. The number of likely N-dealkylation sites (N-methyl/N-ethyl adjacent to an activating group) is 1. The van der Waals surface area contributed by atoms with Crippen molar-refractivity contribution in [3.8, 4) is 5.75 Å². The van der Waals surface area contributed by atoms with Gasteiger partial charge in [0, 0.05) is 19.0 Å². The standard InChI is InChI=1S/C15H23F3N2O/c1-20(2)14(11-19-9-5-8-15(16,17)18)12-6-4-7-13(10-12)21-3/h4,6-7,10,14,19H,5,8-9,11H2,1-3H3. The summed E-state index contributed by atoms with van der Waals surface area (Å²) in [5.41, 5.74) is 1.07. The van der Waals surface area contributed by atoms with Crippen LogP contribution in [0.1, 0.15) is 24.4 Å². The lowest BCUT2D eigenvalue weighted by molar-refractivity contribution is -0.135. The molecule has 21 heavy (non-hydrogen) atoms. The van der Waals surface area contributed by atoms with E-state index < -0.39 is 12.6 Å². The van der Waals surface area contributed by atoms with Crippen LogP contribution in [0.15, 0.2) is 24.3 Å². The van der Waals surface area contributed by atoms with Gasteiger partial charge < -0.3 is 15.0 Å². The number of hydrogen-bond acceptors (Lipinski definition) is 3. The average molecular weight is 304 g/mol. The van der Waals surface area contributed by atoms with E-state index in [2.05, 4.69) is 5.32 Å². The van der Waals surface area contributed by atoms with Crippen molar-refractivity contribution < 1.29 is 17.9 Å². The summed E-state index contributed by atoms with van der Waals surface area (Å²) in [7, 11) is 5.50. The first kappa shape index (κ1) is 17.8. The van der Waals surface area contributed by atoms with Gasteiger partial charge in [-0.15, -0.1) is 0 Å². The number of ether oxygens (including phenoxy) is 1. The monoisotopic (exact) mass is 304 g/mol. The minimum absolute atomic E-state index is 0.0889. The van der Waals surface area contributed by atoms with Crippen molar-refractivity contribution >= 4 is 0 Å². The topological polar surface area (TPSA) is 24.5 Å². The van der Waals surface area contributed by atoms with Gasteiger partial charge in [0.15, 0.2) is 0 Å². The Morgan fingerprint density at radius 3 is 2.57 bits per heavy atom. The van der Waals surface area contributed by atoms with Gasteiger partial charge in [-0.2, -0.15) is 13.2 Å². The van der Waals surface area contributed by atoms with Gasteiger partial charge in [-0.05, 0) is 44.8 Å². The van der Waals surface area contributed by atoms with Gasteiger partial charge in [-0.1, -0.05) is 12.1 Å². The van der Waals surface area contributed by atoms with Crippen molar-refractivity contribution in [3.05, 3.63) is 29.8 Å². The predicted molar refractivity (Wildman–Crippen MR) is 77.6 cm³/mol. The fourth-order valence-corrected chi connectivity index (χ4v) is 2.10. The van der Waals surface area contributed by atoms with Crippen LogP contribution >= 0.6 is 0 Å². The van der Waals surface area contributed by atoms with Crippen LogP contribution in [0.2, 0.25) is 0 Å². The number of benzene rings is 1. The zero-order valence-corrected chi connectivity index (χ0v) is 12.7. The third kappa shape index (κ3) is 6.82. The van der Waals surface area contributed by atoms with Crippen molar-refractivity contribution in [2.45, 2.75) is 25.1 Å². The van der Waals surface area contributed by atoms with Gasteiger partial charge in [-0.25, -0.2) is 0 Å². The summed E-state index contributed by atoms with van der Waals surface area (Å²) in [4.78, 5) is 2.03. The molecule has 0 saturated carbocycles. The number of alkyl halides is 3. The van der Waals surface area contributed by atoms with E-state index in [1.807, 2.05) is 43.3 Å². The van der Waals surface area contributed by atoms with Crippen LogP contribution in [0, 0.1) is 0 Å². The van der Waals surface area contributed by atoms with Crippen LogP contribution in [0.25, 0.3) is 0 Å². The molecular weight excluding hydrogens is 281 g/mol. The van der Waals surface area contributed by atoms with Gasteiger partial charge in [0.25, 0.3) is 0 Å². The Morgan fingerprint density at radius 1 is 1.29 bits per heavy atom. The summed E-state index contributed by atoms with van der Waals surface area (Å²) in [5, 5.41) is 3.09. The van der Waals surface area contributed by atoms with E-state index in [1.54, 1.807) is 7.11 Å². The highest BCUT2D eigenvalue weighted by molar-refractivity contribution is 5.30. The van der Waals surface area contributed by atoms with Crippen molar-refractivity contribution in [1.82, 2.24) is 10.2 Å². The molecule has 0 saturated heterocycles. The molecule has 1 rings (SSSR count). The second kappa shape index (κ2) is 8.24. The van der Waals surface area contributed by atoms with Gasteiger partial charge in [0.1, 0.15) is 5.75 Å². The molecule has 0 aromatic heterocycles. The summed E-state index contributed by atoms with van der Waals surface area (Å²) < 4.78 is 41.4. The average Bonchev–Trinajstić information content (AvgIpc) is 2.41. The van der Waals surface area contributed by atoms with E-state index >= 15 is 0 Å². The molecule has 3 nitrogen and oxygen atoms in total. The molecule has 0 radical (unpaired) electrons. The minimum atomic E-state index is -4.07. The molecule has 1 N–H and O–H groups in total. The zero-order chi connectivity index (χ0) is 15.9. The molecule has 0 heterocycles. The third-order valence-electron chi connectivity index (χ3n) is 3.25. The normalized spacial score (nSPS) is 13.5. The summed E-state index contributed by atoms with van der Waals surface area (Å²) in [6.07, 6.45) is -4.72. The molecule has 0 aliphatic carbocycles. The number of nitrogens with zero attached hydrogens (tertiary/aromatic N) is 1. The minimum Gasteiger partial charge on any atom is -0.497 e. The van der Waals surface area contributed by atoms with Crippen molar-refractivity contribution in [3.63, 3.8) is 0 Å². The van der Waals surface area contributed by atoms with E-state index in [-0.39, 0.29) is 12.5 Å². The van der Waals surface area contributed by atoms with E-state index in [0.29, 0.717) is 13.1 Å². The second-order valence-corrected chi connectivity index (χ2v) is 5.18. The van der Waals surface area contributed by atoms with Crippen LogP contribution in [0.3, 0.4) is 0 Å². The highest BCUT2D eigenvalue weighted by atomic mass is 19.4. The van der Waals surface area contributed by atoms with Crippen LogP contribution < -0.4 is 10.1 Å². The van der Waals surface area contributed by atoms with E-state index in [1.165, 1.54) is 0 Å². The fourth-order valence-electron chi connectivity index (χ4n) is 2.10. The summed E-state index contributed by atoms with van der Waals surface area (Å²) >= 11 is 0. The molecular formula is C15H23F3N2O. The van der Waals surface area contributed by atoms with Crippen LogP contribution in [-0.2, 0) is 0 Å². The lowest BCUT2D eigenvalue weighted by atomic mass is 10.1. The fraction of sp³-hybridized carbons (Fsp3) is 0.600. The highest BCUT2D eigenvalue weighted by Crippen LogP contribution is 2.23. The van der Waals surface area contributed by atoms with Crippen LogP contribution in [-0.4, -0.2) is 45.4 Å². The van der Waals surface area contributed by atoms with Crippen molar-refractivity contribution in [1.29, 1.82) is 0 Å². The maximum atomic E-state index is 12.1. The van der Waals surface area contributed by atoms with Gasteiger partial charge >= 0.3 is 6.18 Å². The Balaban J connectivity index is 2.50. The molecule has 6 heteroatoms. The number of halogens is 3. The van der Waals surface area contributed by atoms with E-state index in [4.69, 9.17) is 4.74 Å². The maximum Gasteiger partial charge on any atom is 0.389 e. The molecule has 0 amide bonds. The summed E-state index contributed by atoms with van der Waals surface area (Å²) in [5.74, 6) is 0.774. The quantitative estimate of drug-likeness (QED) is 0.746. The molecule has 120 valence electrons. The zero-order valence-electron chi connectivity index (χ0n) is 12.7. The SMILES string of the molecule is COc1cccc(C(CNCCCC(F)(F)F)N(C)C)c1. The van der Waals surface area contributed by atoms with Gasteiger partial charge in [0.05, 0.1) is 7.11 Å². The van der Waals surface area contributed by atoms with E-state index in [9.17, 15) is 13.2 Å². The number of nitrogens with one attached hydrogen (secondary N) is 1. The number of methoxy groups -OCH3 is 1. The Kier molecular flexibility index (Phi) is 6.98. The molecule has 0 aliphatic heterocycles. The van der Waals surface area contributed by atoms with Gasteiger partial charge in [-0.3, -0.25) is 0 Å². The van der Waals surface area contributed by atoms with Gasteiger partial charge in [0.2, 0.25) is 0 Å². The number of hydrogen-bond donors (Lipinski definition) is 1. The Hall–Kier alpha value is -1.27. The molecule has 0 bridgehead atoms. The first-order chi connectivity index (χ1) is 9.83. The Labute approximate surface area is 124 Å². The van der Waals surface area contributed by atoms with Crippen molar-refractivity contribution in [2.24, 2.45) is 0 Å². The maximum absolute atomic E-state index is 12.1. The van der Waals surface area contributed by atoms with Crippen molar-refractivity contribution in [2.75, 3.05) is 34.3 Å². The Morgan fingerprint density at radius 2 is 2.00 bits per heavy atom. The molecule has 0 fully saturated rings. The predicted octanol–water partition coefficient (Wildman–Crippen LogP) is 3.23. The summed E-state index contributed by atoms with van der Waals surface area (Å²) in [6.45, 7) is 0.950. The molecule has 1 unspecified atom stereocenters. The first-order valence-corrected chi connectivity index (χ1v) is 6.91. The lowest BCUT2D eigenvalue weighted by Crippen LogP contribution is -2.31. The van der Waals surface area contributed by atoms with E-state index in [0.717, 1.165) is 11.3 Å². The molecule has 0 spiro atoms. The molecule has 1 aromatic rings. The highest BCUT2D eigenvalue weighted by Gasteiger charge is 2.25. The molecule has 1 atom stereocenters. The van der Waals surface area contributed by atoms with Crippen LogP contribution in [0.5, 0.6) is 5.75 Å². The largest absolute Gasteiger partial charge is 0.497 e. The Bertz CT molecular complexity index is 422.